The number of benzene rings is 2. The lowest BCUT2D eigenvalue weighted by atomic mass is 10.2. The Morgan fingerprint density at radius 2 is 1.81 bits per heavy atom. The molecule has 110 valence electrons. The molecule has 0 radical (unpaired) electrons. The fourth-order valence-electron chi connectivity index (χ4n) is 1.83. The quantitative estimate of drug-likeness (QED) is 0.883. The van der Waals surface area contributed by atoms with Crippen LogP contribution < -0.4 is 14.8 Å². The summed E-state index contributed by atoms with van der Waals surface area (Å²) in [4.78, 5) is 12.1. The molecule has 1 N–H and O–H groups in total. The predicted molar refractivity (Wildman–Crippen MR) is 82.8 cm³/mol. The van der Waals surface area contributed by atoms with Crippen LogP contribution >= 0.6 is 0 Å². The molecule has 2 aromatic rings. The fourth-order valence-corrected chi connectivity index (χ4v) is 1.83. The average molecular weight is 285 g/mol. The Kier molecular flexibility index (Phi) is 5.21. The Bertz CT molecular complexity index is 584. The van der Waals surface area contributed by atoms with Crippen LogP contribution in [0.15, 0.2) is 54.6 Å². The maximum Gasteiger partial charge on any atom is 0.265 e. The highest BCUT2D eigenvalue weighted by Gasteiger charge is 2.14. The normalized spacial score (nSPS) is 11.5. The zero-order valence-electron chi connectivity index (χ0n) is 12.2. The number of carbonyl (C=O) groups is 1. The molecule has 0 aliphatic heterocycles. The van der Waals surface area contributed by atoms with Crippen molar-refractivity contribution in [2.45, 2.75) is 20.0 Å². The van der Waals surface area contributed by atoms with Gasteiger partial charge in [-0.05, 0) is 38.1 Å². The summed E-state index contributed by atoms with van der Waals surface area (Å²) >= 11 is 0. The van der Waals surface area contributed by atoms with E-state index in [9.17, 15) is 4.79 Å². The maximum absolute atomic E-state index is 12.1. The van der Waals surface area contributed by atoms with Crippen molar-refractivity contribution in [2.24, 2.45) is 0 Å². The van der Waals surface area contributed by atoms with Crippen LogP contribution in [-0.4, -0.2) is 18.6 Å². The molecule has 21 heavy (non-hydrogen) atoms. The lowest BCUT2D eigenvalue weighted by Gasteiger charge is -2.15. The second-order valence-electron chi connectivity index (χ2n) is 4.52. The molecule has 0 aromatic heterocycles. The Balaban J connectivity index is 1.95. The number of carbonyl (C=O) groups excluding carboxylic acids is 1. The van der Waals surface area contributed by atoms with Gasteiger partial charge in [0, 0.05) is 11.8 Å². The summed E-state index contributed by atoms with van der Waals surface area (Å²) in [5.74, 6) is 1.20. The van der Waals surface area contributed by atoms with Crippen LogP contribution in [0.4, 0.5) is 5.69 Å². The first-order valence-electron chi connectivity index (χ1n) is 6.94. The molecule has 4 nitrogen and oxygen atoms in total. The number of ether oxygens (including phenoxy) is 2. The second kappa shape index (κ2) is 7.33. The highest BCUT2D eigenvalue weighted by atomic mass is 16.5. The molecule has 0 saturated carbocycles. The van der Waals surface area contributed by atoms with E-state index in [1.165, 1.54) is 0 Å². The highest BCUT2D eigenvalue weighted by molar-refractivity contribution is 5.94. The van der Waals surface area contributed by atoms with Crippen LogP contribution in [0.1, 0.15) is 13.8 Å². The Morgan fingerprint density at radius 3 is 2.52 bits per heavy atom. The Morgan fingerprint density at radius 1 is 1.10 bits per heavy atom. The standard InChI is InChI=1S/C17H19NO3/c1-3-20-16-11-7-8-14(12-16)18-17(19)13(2)21-15-9-5-4-6-10-15/h4-13H,3H2,1-2H3,(H,18,19)/t13-/m1/s1. The van der Waals surface area contributed by atoms with Crippen molar-refractivity contribution in [3.05, 3.63) is 54.6 Å². The number of nitrogens with one attached hydrogen (secondary N) is 1. The van der Waals surface area contributed by atoms with Gasteiger partial charge in [-0.1, -0.05) is 24.3 Å². The van der Waals surface area contributed by atoms with E-state index in [1.807, 2.05) is 55.5 Å². The Hall–Kier alpha value is -2.49. The van der Waals surface area contributed by atoms with Gasteiger partial charge in [-0.2, -0.15) is 0 Å². The lowest BCUT2D eigenvalue weighted by Crippen LogP contribution is -2.30. The van der Waals surface area contributed by atoms with Crippen molar-refractivity contribution in [1.29, 1.82) is 0 Å². The third-order valence-corrected chi connectivity index (χ3v) is 2.84. The first-order valence-corrected chi connectivity index (χ1v) is 6.94. The van der Waals surface area contributed by atoms with Crippen LogP contribution in [0.3, 0.4) is 0 Å². The van der Waals surface area contributed by atoms with E-state index in [1.54, 1.807) is 13.0 Å². The van der Waals surface area contributed by atoms with Crippen molar-refractivity contribution < 1.29 is 14.3 Å². The minimum absolute atomic E-state index is 0.201. The molecule has 2 aromatic carbocycles. The van der Waals surface area contributed by atoms with E-state index in [-0.39, 0.29) is 5.91 Å². The van der Waals surface area contributed by atoms with Gasteiger partial charge >= 0.3 is 0 Å². The van der Waals surface area contributed by atoms with Gasteiger partial charge < -0.3 is 14.8 Å². The number of hydrogen-bond donors (Lipinski definition) is 1. The molecule has 0 saturated heterocycles. The van der Waals surface area contributed by atoms with E-state index < -0.39 is 6.10 Å². The van der Waals surface area contributed by atoms with Gasteiger partial charge in [0.2, 0.25) is 0 Å². The van der Waals surface area contributed by atoms with Crippen LogP contribution in [0.2, 0.25) is 0 Å². The summed E-state index contributed by atoms with van der Waals surface area (Å²) in [6.45, 7) is 4.22. The summed E-state index contributed by atoms with van der Waals surface area (Å²) in [6.07, 6.45) is -0.580. The van der Waals surface area contributed by atoms with Crippen molar-refractivity contribution in [3.8, 4) is 11.5 Å². The molecule has 0 aliphatic rings. The summed E-state index contributed by atoms with van der Waals surface area (Å²) in [5.41, 5.74) is 0.689. The third-order valence-electron chi connectivity index (χ3n) is 2.84. The number of amides is 1. The third kappa shape index (κ3) is 4.53. The molecular weight excluding hydrogens is 266 g/mol. The topological polar surface area (TPSA) is 47.6 Å². The molecule has 0 heterocycles. The minimum atomic E-state index is -0.580. The van der Waals surface area contributed by atoms with Crippen LogP contribution in [0.25, 0.3) is 0 Å². The number of anilines is 1. The number of rotatable bonds is 6. The van der Waals surface area contributed by atoms with Gasteiger partial charge in [-0.15, -0.1) is 0 Å². The molecule has 0 fully saturated rings. The summed E-state index contributed by atoms with van der Waals surface area (Å²) in [5, 5.41) is 2.82. The monoisotopic (exact) mass is 285 g/mol. The van der Waals surface area contributed by atoms with Gasteiger partial charge in [-0.3, -0.25) is 4.79 Å². The van der Waals surface area contributed by atoms with Gasteiger partial charge in [0.1, 0.15) is 11.5 Å². The molecule has 0 unspecified atom stereocenters. The van der Waals surface area contributed by atoms with Crippen molar-refractivity contribution >= 4 is 11.6 Å². The molecular formula is C17H19NO3. The average Bonchev–Trinajstić information content (AvgIpc) is 2.49. The predicted octanol–water partition coefficient (Wildman–Crippen LogP) is 3.49. The van der Waals surface area contributed by atoms with Gasteiger partial charge in [0.25, 0.3) is 5.91 Å². The first-order chi connectivity index (χ1) is 10.2. The summed E-state index contributed by atoms with van der Waals surface area (Å²) in [6, 6.07) is 16.6. The molecule has 0 bridgehead atoms. The van der Waals surface area contributed by atoms with Gasteiger partial charge in [-0.25, -0.2) is 0 Å². The van der Waals surface area contributed by atoms with Crippen LogP contribution in [0, 0.1) is 0 Å². The summed E-state index contributed by atoms with van der Waals surface area (Å²) < 4.78 is 11.0. The van der Waals surface area contributed by atoms with Crippen molar-refractivity contribution in [2.75, 3.05) is 11.9 Å². The lowest BCUT2D eigenvalue weighted by molar-refractivity contribution is -0.122. The molecule has 1 amide bonds. The Labute approximate surface area is 124 Å². The number of hydrogen-bond acceptors (Lipinski definition) is 3. The molecule has 2 rings (SSSR count). The van der Waals surface area contributed by atoms with E-state index in [0.29, 0.717) is 18.0 Å². The highest BCUT2D eigenvalue weighted by Crippen LogP contribution is 2.18. The smallest absolute Gasteiger partial charge is 0.265 e. The maximum atomic E-state index is 12.1. The fraction of sp³-hybridized carbons (Fsp3) is 0.235. The van der Waals surface area contributed by atoms with Gasteiger partial charge in [0.05, 0.1) is 6.61 Å². The van der Waals surface area contributed by atoms with Crippen molar-refractivity contribution in [1.82, 2.24) is 0 Å². The van der Waals surface area contributed by atoms with E-state index in [0.717, 1.165) is 5.75 Å². The summed E-state index contributed by atoms with van der Waals surface area (Å²) in [7, 11) is 0. The molecule has 1 atom stereocenters. The second-order valence-corrected chi connectivity index (χ2v) is 4.52. The van der Waals surface area contributed by atoms with Crippen LogP contribution in [-0.2, 0) is 4.79 Å². The SMILES string of the molecule is CCOc1cccc(NC(=O)[C@@H](C)Oc2ccccc2)c1. The van der Waals surface area contributed by atoms with Gasteiger partial charge in [0.15, 0.2) is 6.10 Å². The zero-order valence-corrected chi connectivity index (χ0v) is 12.2. The van der Waals surface area contributed by atoms with E-state index in [2.05, 4.69) is 5.32 Å². The molecule has 4 heteroatoms. The van der Waals surface area contributed by atoms with E-state index >= 15 is 0 Å². The largest absolute Gasteiger partial charge is 0.494 e. The minimum Gasteiger partial charge on any atom is -0.494 e. The van der Waals surface area contributed by atoms with Crippen LogP contribution in [0.5, 0.6) is 11.5 Å². The zero-order chi connectivity index (χ0) is 15.1. The molecule has 0 aliphatic carbocycles. The molecule has 0 spiro atoms. The number of para-hydroxylation sites is 1. The van der Waals surface area contributed by atoms with E-state index in [4.69, 9.17) is 9.47 Å². The van der Waals surface area contributed by atoms with Crippen molar-refractivity contribution in [3.63, 3.8) is 0 Å². The first kappa shape index (κ1) is 14.9.